The normalized spacial score (nSPS) is 11.8. The van der Waals surface area contributed by atoms with Gasteiger partial charge in [-0.1, -0.05) is 28.9 Å². The molecule has 0 radical (unpaired) electrons. The summed E-state index contributed by atoms with van der Waals surface area (Å²) < 4.78 is 25.5. The maximum Gasteiger partial charge on any atom is 0.307 e. The van der Waals surface area contributed by atoms with E-state index < -0.39 is 17.7 Å². The van der Waals surface area contributed by atoms with Gasteiger partial charge in [-0.15, -0.1) is 0 Å². The molecule has 0 aliphatic carbocycles. The average Bonchev–Trinajstić information content (AvgIpc) is 3.64. The van der Waals surface area contributed by atoms with Crippen molar-refractivity contribution in [3.63, 3.8) is 0 Å². The first-order chi connectivity index (χ1) is 19.8. The lowest BCUT2D eigenvalue weighted by molar-refractivity contribution is -0.143. The molecule has 1 atom stereocenters. The number of methoxy groups -OCH3 is 1. The number of nitrogens with one attached hydrogen (secondary N) is 1. The SMILES string of the molecule is COc1ccc(-c2cc(CC(=O)CC(Cc3ccc(-c4noc(-c5ccc(C)cc5)n4)c(F)c3)C(=O)O)[nH]n2)cc1. The number of carbonyl (C=O) groups is 2. The summed E-state index contributed by atoms with van der Waals surface area (Å²) in [6.45, 7) is 1.96. The number of aromatic amines is 1. The molecule has 5 rings (SSSR count). The molecule has 2 heterocycles. The Balaban J connectivity index is 1.22. The number of aromatic nitrogens is 4. The van der Waals surface area contributed by atoms with Crippen LogP contribution in [0.25, 0.3) is 34.1 Å². The fourth-order valence-corrected chi connectivity index (χ4v) is 4.47. The monoisotopic (exact) mass is 554 g/mol. The quantitative estimate of drug-likeness (QED) is 0.213. The van der Waals surface area contributed by atoms with E-state index in [4.69, 9.17) is 9.26 Å². The summed E-state index contributed by atoms with van der Waals surface area (Å²) in [7, 11) is 1.58. The highest BCUT2D eigenvalue weighted by Gasteiger charge is 2.23. The van der Waals surface area contributed by atoms with Crippen LogP contribution in [0, 0.1) is 18.7 Å². The lowest BCUT2D eigenvalue weighted by Crippen LogP contribution is -2.21. The minimum Gasteiger partial charge on any atom is -0.497 e. The molecule has 2 N–H and O–H groups in total. The summed E-state index contributed by atoms with van der Waals surface area (Å²) in [6.07, 6.45) is -0.221. The second-order valence-electron chi connectivity index (χ2n) is 9.77. The largest absolute Gasteiger partial charge is 0.497 e. The molecule has 0 aliphatic rings. The van der Waals surface area contributed by atoms with Crippen LogP contribution in [0.15, 0.2) is 77.3 Å². The van der Waals surface area contributed by atoms with Gasteiger partial charge in [0, 0.05) is 29.7 Å². The number of aryl methyl sites for hydroxylation is 1. The molecule has 0 spiro atoms. The van der Waals surface area contributed by atoms with Gasteiger partial charge in [-0.05, 0) is 73.5 Å². The van der Waals surface area contributed by atoms with E-state index in [1.165, 1.54) is 12.1 Å². The number of carboxylic acids is 1. The number of Topliss-reactive ketones (excluding diaryl/α,β-unsaturated/α-hetero) is 1. The molecular formula is C31H27FN4O5. The van der Waals surface area contributed by atoms with Crippen molar-refractivity contribution in [1.82, 2.24) is 20.3 Å². The van der Waals surface area contributed by atoms with Crippen molar-refractivity contribution in [3.05, 3.63) is 95.4 Å². The van der Waals surface area contributed by atoms with Gasteiger partial charge in [0.2, 0.25) is 5.82 Å². The van der Waals surface area contributed by atoms with E-state index in [-0.39, 0.29) is 42.3 Å². The Morgan fingerprint density at radius 2 is 1.76 bits per heavy atom. The van der Waals surface area contributed by atoms with Crippen LogP contribution in [0.5, 0.6) is 5.75 Å². The molecule has 0 bridgehead atoms. The molecule has 0 fully saturated rings. The minimum atomic E-state index is -1.13. The van der Waals surface area contributed by atoms with Crippen LogP contribution < -0.4 is 4.74 Å². The van der Waals surface area contributed by atoms with E-state index in [0.29, 0.717) is 22.5 Å². The van der Waals surface area contributed by atoms with E-state index in [2.05, 4.69) is 20.3 Å². The van der Waals surface area contributed by atoms with Gasteiger partial charge in [-0.25, -0.2) is 4.39 Å². The predicted octanol–water partition coefficient (Wildman–Crippen LogP) is 5.70. The van der Waals surface area contributed by atoms with Crippen molar-refractivity contribution in [2.75, 3.05) is 7.11 Å². The summed E-state index contributed by atoms with van der Waals surface area (Å²) in [4.78, 5) is 29.0. The maximum atomic E-state index is 15.0. The fraction of sp³-hybridized carbons (Fsp3) is 0.194. The number of aliphatic carboxylic acids is 1. The molecule has 5 aromatic rings. The van der Waals surface area contributed by atoms with Crippen molar-refractivity contribution in [1.29, 1.82) is 0 Å². The molecule has 2 aromatic heterocycles. The van der Waals surface area contributed by atoms with Gasteiger partial charge < -0.3 is 14.4 Å². The van der Waals surface area contributed by atoms with Crippen LogP contribution in [-0.2, 0) is 22.4 Å². The van der Waals surface area contributed by atoms with Crippen LogP contribution in [0.3, 0.4) is 0 Å². The lowest BCUT2D eigenvalue weighted by atomic mass is 9.92. The molecule has 0 saturated heterocycles. The second kappa shape index (κ2) is 12.0. The Bertz CT molecular complexity index is 1680. The van der Waals surface area contributed by atoms with Crippen LogP contribution in [0.2, 0.25) is 0 Å². The Hall–Kier alpha value is -5.12. The number of hydrogen-bond donors (Lipinski definition) is 2. The van der Waals surface area contributed by atoms with Gasteiger partial charge in [0.15, 0.2) is 0 Å². The topological polar surface area (TPSA) is 131 Å². The standard InChI is InChI=1S/C31H27FN4O5/c1-18-3-6-21(7-4-18)30-33-29(36-41-30)26-12-5-19(14-27(26)32)13-22(31(38)39)15-24(37)16-23-17-28(35-34-23)20-8-10-25(40-2)11-9-20/h3-12,14,17,22H,13,15-16H2,1-2H3,(H,34,35)(H,38,39). The first-order valence-corrected chi connectivity index (χ1v) is 12.9. The van der Waals surface area contributed by atoms with Crippen molar-refractivity contribution >= 4 is 11.8 Å². The molecule has 0 aliphatic heterocycles. The number of hydrogen-bond acceptors (Lipinski definition) is 7. The average molecular weight is 555 g/mol. The second-order valence-corrected chi connectivity index (χ2v) is 9.77. The number of ketones is 1. The molecule has 3 aromatic carbocycles. The Kier molecular flexibility index (Phi) is 8.00. The van der Waals surface area contributed by atoms with Crippen LogP contribution in [0.4, 0.5) is 4.39 Å². The summed E-state index contributed by atoms with van der Waals surface area (Å²) in [5.41, 5.74) is 4.45. The molecule has 208 valence electrons. The number of nitrogens with zero attached hydrogens (tertiary/aromatic N) is 3. The Morgan fingerprint density at radius 1 is 1.02 bits per heavy atom. The summed E-state index contributed by atoms with van der Waals surface area (Å²) >= 11 is 0. The third-order valence-electron chi connectivity index (χ3n) is 6.71. The van der Waals surface area contributed by atoms with Crippen molar-refractivity contribution in [2.45, 2.75) is 26.2 Å². The number of H-pyrrole nitrogens is 1. The summed E-state index contributed by atoms with van der Waals surface area (Å²) in [5, 5.41) is 20.8. The van der Waals surface area contributed by atoms with E-state index in [9.17, 15) is 14.7 Å². The molecular weight excluding hydrogens is 527 g/mol. The molecule has 10 heteroatoms. The smallest absolute Gasteiger partial charge is 0.307 e. The number of benzene rings is 3. The van der Waals surface area contributed by atoms with Gasteiger partial charge in [0.1, 0.15) is 17.3 Å². The van der Waals surface area contributed by atoms with Gasteiger partial charge in [0.25, 0.3) is 5.89 Å². The van der Waals surface area contributed by atoms with Crippen LogP contribution >= 0.6 is 0 Å². The van der Waals surface area contributed by atoms with Gasteiger partial charge >= 0.3 is 5.97 Å². The molecule has 1 unspecified atom stereocenters. The highest BCUT2D eigenvalue weighted by Crippen LogP contribution is 2.27. The van der Waals surface area contributed by atoms with Gasteiger partial charge in [-0.2, -0.15) is 10.1 Å². The number of halogens is 1. The highest BCUT2D eigenvalue weighted by atomic mass is 19.1. The molecule has 0 saturated carbocycles. The number of ether oxygens (including phenoxy) is 1. The zero-order chi connectivity index (χ0) is 28.9. The third-order valence-corrected chi connectivity index (χ3v) is 6.71. The lowest BCUT2D eigenvalue weighted by Gasteiger charge is -2.12. The summed E-state index contributed by atoms with van der Waals surface area (Å²) in [5.74, 6) is -1.96. The van der Waals surface area contributed by atoms with Crippen molar-refractivity contribution < 1.29 is 28.3 Å². The first-order valence-electron chi connectivity index (χ1n) is 12.9. The number of rotatable bonds is 11. The highest BCUT2D eigenvalue weighted by molar-refractivity contribution is 5.85. The van der Waals surface area contributed by atoms with E-state index >= 15 is 4.39 Å². The van der Waals surface area contributed by atoms with Crippen molar-refractivity contribution in [2.24, 2.45) is 5.92 Å². The van der Waals surface area contributed by atoms with Gasteiger partial charge in [-0.3, -0.25) is 14.7 Å². The van der Waals surface area contributed by atoms with E-state index in [0.717, 1.165) is 16.9 Å². The number of carbonyl (C=O) groups excluding carboxylic acids is 1. The van der Waals surface area contributed by atoms with Crippen molar-refractivity contribution in [3.8, 4) is 39.8 Å². The van der Waals surface area contributed by atoms with E-state index in [1.807, 2.05) is 55.5 Å². The maximum absolute atomic E-state index is 15.0. The molecule has 0 amide bonds. The summed E-state index contributed by atoms with van der Waals surface area (Å²) in [6, 6.07) is 20.9. The zero-order valence-electron chi connectivity index (χ0n) is 22.4. The Labute approximate surface area is 235 Å². The molecule has 41 heavy (non-hydrogen) atoms. The Morgan fingerprint density at radius 3 is 2.44 bits per heavy atom. The first kappa shape index (κ1) is 27.4. The number of carboxylic acid groups (broad SMARTS) is 1. The van der Waals surface area contributed by atoms with Crippen LogP contribution in [-0.4, -0.2) is 44.3 Å². The van der Waals surface area contributed by atoms with Crippen LogP contribution in [0.1, 0.15) is 23.2 Å². The zero-order valence-corrected chi connectivity index (χ0v) is 22.4. The predicted molar refractivity (Wildman–Crippen MR) is 149 cm³/mol. The molecule has 9 nitrogen and oxygen atoms in total. The third kappa shape index (κ3) is 6.55. The van der Waals surface area contributed by atoms with Gasteiger partial charge in [0.05, 0.1) is 24.3 Å². The fourth-order valence-electron chi connectivity index (χ4n) is 4.47. The van der Waals surface area contributed by atoms with E-state index in [1.54, 1.807) is 19.2 Å². The minimum absolute atomic E-state index is 0.00137.